The molecule has 0 amide bonds. The number of benzene rings is 2. The van der Waals surface area contributed by atoms with Gasteiger partial charge in [-0.2, -0.15) is 0 Å². The van der Waals surface area contributed by atoms with E-state index in [1.165, 1.54) is 6.42 Å². The average molecular weight is 474 g/mol. The average Bonchev–Trinajstić information content (AvgIpc) is 3.11. The molecule has 0 aliphatic heterocycles. The highest BCUT2D eigenvalue weighted by Crippen LogP contribution is 2.53. The zero-order valence-corrected chi connectivity index (χ0v) is 21.8. The van der Waals surface area contributed by atoms with E-state index < -0.39 is 11.0 Å². The Hall–Kier alpha value is -2.59. The lowest BCUT2D eigenvalue weighted by Gasteiger charge is -2.48. The Balaban J connectivity index is 1.75. The predicted molar refractivity (Wildman–Crippen MR) is 140 cm³/mol. The third-order valence-electron chi connectivity index (χ3n) is 8.99. The van der Waals surface area contributed by atoms with E-state index in [4.69, 9.17) is 4.74 Å². The van der Waals surface area contributed by atoms with Gasteiger partial charge in [0.05, 0.1) is 5.60 Å². The second kappa shape index (κ2) is 8.81. The van der Waals surface area contributed by atoms with Crippen molar-refractivity contribution in [3.63, 3.8) is 0 Å². The van der Waals surface area contributed by atoms with E-state index in [2.05, 4.69) is 44.5 Å². The first kappa shape index (κ1) is 24.1. The Bertz CT molecular complexity index is 1220. The third kappa shape index (κ3) is 3.64. The van der Waals surface area contributed by atoms with Crippen LogP contribution in [0.1, 0.15) is 70.2 Å². The second-order valence-electron chi connectivity index (χ2n) is 11.6. The number of aliphatic hydroxyl groups is 1. The van der Waals surface area contributed by atoms with E-state index in [0.717, 1.165) is 40.6 Å². The highest BCUT2D eigenvalue weighted by molar-refractivity contribution is 5.99. The van der Waals surface area contributed by atoms with Gasteiger partial charge in [-0.1, -0.05) is 75.7 Å². The molecular formula is C31H39NO3. The van der Waals surface area contributed by atoms with Crippen LogP contribution in [0.4, 0.5) is 0 Å². The first-order valence-electron chi connectivity index (χ1n) is 13.2. The molecule has 1 fully saturated rings. The molecule has 0 spiro atoms. The molecule has 5 atom stereocenters. The van der Waals surface area contributed by atoms with E-state index >= 15 is 0 Å². The molecule has 4 heteroatoms. The number of rotatable bonds is 4. The number of hydrogen-bond donors (Lipinski definition) is 1. The predicted octanol–water partition coefficient (Wildman–Crippen LogP) is 6.17. The Labute approximate surface area is 209 Å². The number of ether oxygens (including phenoxy) is 1. The number of esters is 1. The maximum Gasteiger partial charge on any atom is 0.324 e. The summed E-state index contributed by atoms with van der Waals surface area (Å²) in [6, 6.07) is 18.1. The third-order valence-corrected chi connectivity index (χ3v) is 8.99. The number of nitrogens with zero attached hydrogens (tertiary/aromatic N) is 1. The van der Waals surface area contributed by atoms with Crippen LogP contribution in [0.3, 0.4) is 0 Å². The number of aryl methyl sites for hydroxylation is 1. The highest BCUT2D eigenvalue weighted by atomic mass is 16.5. The Morgan fingerprint density at radius 2 is 1.77 bits per heavy atom. The van der Waals surface area contributed by atoms with Crippen molar-refractivity contribution < 1.29 is 14.6 Å². The van der Waals surface area contributed by atoms with Crippen molar-refractivity contribution in [3.05, 3.63) is 71.4 Å². The number of hydrogen-bond acceptors (Lipinski definition) is 3. The Morgan fingerprint density at radius 1 is 1.09 bits per heavy atom. The monoisotopic (exact) mass is 473 g/mol. The van der Waals surface area contributed by atoms with Crippen LogP contribution in [0, 0.1) is 17.8 Å². The van der Waals surface area contributed by atoms with Gasteiger partial charge in [-0.3, -0.25) is 4.79 Å². The molecule has 1 saturated carbocycles. The standard InChI is InChI=1S/C31H39NO3/c1-20(2)23-16-15-21(3)19-27(23)35-29(33)31(22-11-7-6-8-12-22)28-24-13-9-10-14-25(24)32(5)26(28)17-18-30(31,4)34/h6-14,20-21,23,27,34H,15-19H2,1-5H3/t21-,23+,27?,30?,31?/m1/s1. The molecule has 1 aromatic heterocycles. The summed E-state index contributed by atoms with van der Waals surface area (Å²) in [5.74, 6) is 0.989. The van der Waals surface area contributed by atoms with Crippen molar-refractivity contribution in [2.24, 2.45) is 24.8 Å². The first-order valence-corrected chi connectivity index (χ1v) is 13.2. The summed E-state index contributed by atoms with van der Waals surface area (Å²) >= 11 is 0. The van der Waals surface area contributed by atoms with Crippen LogP contribution in [0.5, 0.6) is 0 Å². The van der Waals surface area contributed by atoms with E-state index in [1.807, 2.05) is 49.4 Å². The summed E-state index contributed by atoms with van der Waals surface area (Å²) in [4.78, 5) is 14.7. The number of aromatic nitrogens is 1. The number of carbonyl (C=O) groups is 1. The molecule has 3 unspecified atom stereocenters. The summed E-state index contributed by atoms with van der Waals surface area (Å²) in [5.41, 5.74) is 1.30. The molecule has 2 aliphatic rings. The Morgan fingerprint density at radius 3 is 2.49 bits per heavy atom. The lowest BCUT2D eigenvalue weighted by Crippen LogP contribution is -2.60. The van der Waals surface area contributed by atoms with Gasteiger partial charge in [0, 0.05) is 29.2 Å². The molecule has 1 N–H and O–H groups in total. The minimum Gasteiger partial charge on any atom is -0.461 e. The van der Waals surface area contributed by atoms with E-state index in [1.54, 1.807) is 0 Å². The van der Waals surface area contributed by atoms with Crippen molar-refractivity contribution >= 4 is 16.9 Å². The highest BCUT2D eigenvalue weighted by Gasteiger charge is 2.61. The SMILES string of the molecule is CC(C)[C@@H]1CC[C@@H](C)CC1OC(=O)C1(c2ccccc2)c2c(n(C)c3ccccc23)CCC1(C)O. The van der Waals surface area contributed by atoms with Gasteiger partial charge in [-0.15, -0.1) is 0 Å². The van der Waals surface area contributed by atoms with Crippen molar-refractivity contribution in [3.8, 4) is 0 Å². The fraction of sp³-hybridized carbons (Fsp3) is 0.516. The second-order valence-corrected chi connectivity index (χ2v) is 11.6. The van der Waals surface area contributed by atoms with Crippen molar-refractivity contribution in [2.45, 2.75) is 76.9 Å². The zero-order valence-electron chi connectivity index (χ0n) is 21.8. The largest absolute Gasteiger partial charge is 0.461 e. The zero-order chi connectivity index (χ0) is 25.0. The summed E-state index contributed by atoms with van der Waals surface area (Å²) in [6.45, 7) is 8.54. The van der Waals surface area contributed by atoms with Gasteiger partial charge in [0.1, 0.15) is 11.5 Å². The summed E-state index contributed by atoms with van der Waals surface area (Å²) in [5, 5.41) is 13.2. The van der Waals surface area contributed by atoms with Gasteiger partial charge in [-0.25, -0.2) is 0 Å². The normalized spacial score (nSPS) is 30.9. The maximum atomic E-state index is 14.7. The van der Waals surface area contributed by atoms with Crippen molar-refractivity contribution in [1.29, 1.82) is 0 Å². The van der Waals surface area contributed by atoms with E-state index in [9.17, 15) is 9.90 Å². The summed E-state index contributed by atoms with van der Waals surface area (Å²) in [6.07, 6.45) is 4.19. The van der Waals surface area contributed by atoms with Crippen molar-refractivity contribution in [1.82, 2.24) is 4.57 Å². The van der Waals surface area contributed by atoms with Crippen LogP contribution in [0.2, 0.25) is 0 Å². The lowest BCUT2D eigenvalue weighted by molar-refractivity contribution is -0.172. The van der Waals surface area contributed by atoms with Crippen LogP contribution in [-0.2, 0) is 28.4 Å². The van der Waals surface area contributed by atoms with Gasteiger partial charge in [0.25, 0.3) is 0 Å². The molecule has 0 bridgehead atoms. The van der Waals surface area contributed by atoms with E-state index in [-0.39, 0.29) is 12.1 Å². The van der Waals surface area contributed by atoms with Gasteiger partial charge in [0.2, 0.25) is 0 Å². The van der Waals surface area contributed by atoms with E-state index in [0.29, 0.717) is 30.6 Å². The number of fused-ring (bicyclic) bond motifs is 3. The van der Waals surface area contributed by atoms with Crippen molar-refractivity contribution in [2.75, 3.05) is 0 Å². The molecule has 35 heavy (non-hydrogen) atoms. The van der Waals surface area contributed by atoms with Gasteiger partial charge in [0.15, 0.2) is 0 Å². The molecule has 5 rings (SSSR count). The molecule has 0 radical (unpaired) electrons. The van der Waals surface area contributed by atoms with Gasteiger partial charge < -0.3 is 14.4 Å². The first-order chi connectivity index (χ1) is 16.7. The summed E-state index contributed by atoms with van der Waals surface area (Å²) < 4.78 is 8.77. The molecule has 2 aromatic carbocycles. The fourth-order valence-electron chi connectivity index (χ4n) is 7.04. The van der Waals surface area contributed by atoms with Crippen LogP contribution >= 0.6 is 0 Å². The fourth-order valence-corrected chi connectivity index (χ4v) is 7.04. The lowest BCUT2D eigenvalue weighted by atomic mass is 9.58. The molecule has 186 valence electrons. The molecule has 4 nitrogen and oxygen atoms in total. The molecule has 2 aliphatic carbocycles. The number of carbonyl (C=O) groups excluding carboxylic acids is 1. The quantitative estimate of drug-likeness (QED) is 0.461. The summed E-state index contributed by atoms with van der Waals surface area (Å²) in [7, 11) is 2.07. The van der Waals surface area contributed by atoms with Crippen LogP contribution in [0.15, 0.2) is 54.6 Å². The smallest absolute Gasteiger partial charge is 0.324 e. The molecule has 1 heterocycles. The van der Waals surface area contributed by atoms with Gasteiger partial charge in [-0.05, 0) is 62.0 Å². The topological polar surface area (TPSA) is 51.5 Å². The molecule has 3 aromatic rings. The molecular weight excluding hydrogens is 434 g/mol. The number of para-hydroxylation sites is 1. The molecule has 0 saturated heterocycles. The minimum absolute atomic E-state index is 0.136. The van der Waals surface area contributed by atoms with Gasteiger partial charge >= 0.3 is 5.97 Å². The van der Waals surface area contributed by atoms with Crippen LogP contribution in [-0.4, -0.2) is 27.3 Å². The minimum atomic E-state index is -1.30. The van der Waals surface area contributed by atoms with Crippen LogP contribution < -0.4 is 0 Å². The maximum absolute atomic E-state index is 14.7. The van der Waals surface area contributed by atoms with Crippen LogP contribution in [0.25, 0.3) is 10.9 Å². The Kier molecular flexibility index (Phi) is 6.07.